The third-order valence-corrected chi connectivity index (χ3v) is 3.95. The van der Waals surface area contributed by atoms with Crippen LogP contribution in [0.4, 0.5) is 4.79 Å². The lowest BCUT2D eigenvalue weighted by Crippen LogP contribution is -2.27. The summed E-state index contributed by atoms with van der Waals surface area (Å²) in [4.78, 5) is 11.3. The van der Waals surface area contributed by atoms with E-state index in [9.17, 15) is 13.2 Å². The van der Waals surface area contributed by atoms with Crippen molar-refractivity contribution in [2.24, 2.45) is 0 Å². The van der Waals surface area contributed by atoms with E-state index >= 15 is 0 Å². The highest BCUT2D eigenvalue weighted by molar-refractivity contribution is 7.86. The van der Waals surface area contributed by atoms with Gasteiger partial charge in [0.05, 0.1) is 4.90 Å². The zero-order chi connectivity index (χ0) is 16.0. The van der Waals surface area contributed by atoms with E-state index in [4.69, 9.17) is 16.3 Å². The van der Waals surface area contributed by atoms with Crippen LogP contribution in [0, 0.1) is 0 Å². The van der Waals surface area contributed by atoms with E-state index in [1.807, 2.05) is 6.07 Å². The molecule has 22 heavy (non-hydrogen) atoms. The van der Waals surface area contributed by atoms with Crippen molar-refractivity contribution in [2.45, 2.75) is 11.5 Å². The topological polar surface area (TPSA) is 81.7 Å². The smallest absolute Gasteiger partial charge is 0.432 e. The Hall–Kier alpha value is -2.09. The van der Waals surface area contributed by atoms with Crippen molar-refractivity contribution in [1.29, 1.82) is 0 Å². The van der Waals surface area contributed by atoms with Crippen LogP contribution in [0.15, 0.2) is 59.5 Å². The van der Waals surface area contributed by atoms with Gasteiger partial charge in [-0.3, -0.25) is 0 Å². The fraction of sp³-hybridized carbons (Fsp3) is 0.0714. The molecular weight excluding hydrogens is 330 g/mol. The van der Waals surface area contributed by atoms with Crippen LogP contribution < -0.4 is 5.48 Å². The maximum Gasteiger partial charge on any atom is 0.432 e. The Morgan fingerprint density at radius 3 is 2.32 bits per heavy atom. The van der Waals surface area contributed by atoms with Gasteiger partial charge in [0.1, 0.15) is 6.61 Å². The van der Waals surface area contributed by atoms with E-state index in [0.29, 0.717) is 5.02 Å². The summed E-state index contributed by atoms with van der Waals surface area (Å²) in [7, 11) is -4.13. The predicted octanol–water partition coefficient (Wildman–Crippen LogP) is 2.89. The molecule has 0 aliphatic carbocycles. The van der Waals surface area contributed by atoms with E-state index < -0.39 is 16.2 Å². The SMILES string of the molecule is O=C(NOS(=O)(=O)c1ccc(Cl)cc1)OCc1ccccc1. The first kappa shape index (κ1) is 16.3. The van der Waals surface area contributed by atoms with Crippen molar-refractivity contribution < 1.29 is 22.2 Å². The Morgan fingerprint density at radius 1 is 1.05 bits per heavy atom. The molecule has 0 spiro atoms. The summed E-state index contributed by atoms with van der Waals surface area (Å²) in [6, 6.07) is 14.2. The van der Waals surface area contributed by atoms with E-state index in [-0.39, 0.29) is 11.5 Å². The van der Waals surface area contributed by atoms with Gasteiger partial charge >= 0.3 is 16.2 Å². The molecule has 0 saturated carbocycles. The molecule has 0 heterocycles. The molecule has 0 fully saturated rings. The van der Waals surface area contributed by atoms with Gasteiger partial charge in [-0.2, -0.15) is 13.9 Å². The van der Waals surface area contributed by atoms with Crippen LogP contribution in [-0.2, 0) is 25.7 Å². The quantitative estimate of drug-likeness (QED) is 0.846. The standard InChI is InChI=1S/C14H12ClNO5S/c15-12-6-8-13(9-7-12)22(18,19)21-16-14(17)20-10-11-4-2-1-3-5-11/h1-9H,10H2,(H,16,17). The number of hydrogen-bond donors (Lipinski definition) is 1. The number of ether oxygens (including phenoxy) is 1. The molecule has 0 atom stereocenters. The first-order valence-electron chi connectivity index (χ1n) is 6.13. The van der Waals surface area contributed by atoms with Crippen LogP contribution in [0.3, 0.4) is 0 Å². The number of halogens is 1. The number of hydroxylamine groups is 1. The van der Waals surface area contributed by atoms with Crippen LogP contribution >= 0.6 is 11.6 Å². The van der Waals surface area contributed by atoms with Gasteiger partial charge in [0.15, 0.2) is 0 Å². The molecule has 8 heteroatoms. The predicted molar refractivity (Wildman–Crippen MR) is 79.5 cm³/mol. The summed E-state index contributed by atoms with van der Waals surface area (Å²) in [5.41, 5.74) is 2.49. The summed E-state index contributed by atoms with van der Waals surface area (Å²) in [6.07, 6.45) is -1.01. The molecule has 1 amide bonds. The van der Waals surface area contributed by atoms with Gasteiger partial charge in [0, 0.05) is 5.02 Å². The van der Waals surface area contributed by atoms with Crippen molar-refractivity contribution in [3.63, 3.8) is 0 Å². The van der Waals surface area contributed by atoms with Gasteiger partial charge in [0.2, 0.25) is 0 Å². The molecule has 0 aliphatic rings. The molecule has 2 aromatic rings. The Morgan fingerprint density at radius 2 is 1.68 bits per heavy atom. The highest BCUT2D eigenvalue weighted by Crippen LogP contribution is 2.15. The number of carbonyl (C=O) groups is 1. The molecular formula is C14H12ClNO5S. The van der Waals surface area contributed by atoms with Gasteiger partial charge in [-0.25, -0.2) is 4.79 Å². The zero-order valence-corrected chi connectivity index (χ0v) is 12.8. The zero-order valence-electron chi connectivity index (χ0n) is 11.2. The maximum absolute atomic E-state index is 11.8. The number of rotatable bonds is 5. The van der Waals surface area contributed by atoms with E-state index in [0.717, 1.165) is 5.56 Å². The minimum Gasteiger partial charge on any atom is -0.443 e. The Bertz CT molecular complexity index is 732. The van der Waals surface area contributed by atoms with Crippen LogP contribution in [0.25, 0.3) is 0 Å². The highest BCUT2D eigenvalue weighted by Gasteiger charge is 2.17. The molecule has 2 aromatic carbocycles. The average Bonchev–Trinajstić information content (AvgIpc) is 2.52. The molecule has 0 saturated heterocycles. The van der Waals surface area contributed by atoms with Gasteiger partial charge in [-0.1, -0.05) is 41.9 Å². The lowest BCUT2D eigenvalue weighted by Gasteiger charge is -2.07. The lowest BCUT2D eigenvalue weighted by atomic mass is 10.2. The number of nitrogens with one attached hydrogen (secondary N) is 1. The Kier molecular flexibility index (Phi) is 5.37. The second kappa shape index (κ2) is 7.26. The summed E-state index contributed by atoms with van der Waals surface area (Å²) in [5, 5.41) is 0.384. The van der Waals surface area contributed by atoms with E-state index in [1.54, 1.807) is 29.7 Å². The minimum absolute atomic E-state index is 0.00295. The number of amides is 1. The molecule has 1 N–H and O–H groups in total. The molecule has 0 aliphatic heterocycles. The molecule has 0 bridgehead atoms. The second-order valence-electron chi connectivity index (χ2n) is 4.16. The molecule has 116 valence electrons. The largest absolute Gasteiger partial charge is 0.443 e. The minimum atomic E-state index is -4.13. The first-order chi connectivity index (χ1) is 10.5. The fourth-order valence-corrected chi connectivity index (χ4v) is 2.36. The third kappa shape index (κ3) is 4.73. The van der Waals surface area contributed by atoms with Crippen molar-refractivity contribution >= 4 is 27.8 Å². The Labute approximate surface area is 132 Å². The van der Waals surface area contributed by atoms with Crippen LogP contribution in [-0.4, -0.2) is 14.5 Å². The van der Waals surface area contributed by atoms with Gasteiger partial charge in [-0.05, 0) is 29.8 Å². The molecule has 0 aromatic heterocycles. The van der Waals surface area contributed by atoms with E-state index in [1.165, 1.54) is 24.3 Å². The van der Waals surface area contributed by atoms with Crippen LogP contribution in [0.1, 0.15) is 5.56 Å². The monoisotopic (exact) mass is 341 g/mol. The second-order valence-corrected chi connectivity index (χ2v) is 6.14. The first-order valence-corrected chi connectivity index (χ1v) is 7.92. The fourth-order valence-electron chi connectivity index (χ4n) is 1.49. The van der Waals surface area contributed by atoms with Gasteiger partial charge in [0.25, 0.3) is 0 Å². The van der Waals surface area contributed by atoms with Crippen LogP contribution in [0.5, 0.6) is 0 Å². The van der Waals surface area contributed by atoms with Crippen molar-refractivity contribution in [1.82, 2.24) is 5.48 Å². The summed E-state index contributed by atoms with van der Waals surface area (Å²) < 4.78 is 32.8. The van der Waals surface area contributed by atoms with Gasteiger partial charge in [-0.15, -0.1) is 4.28 Å². The summed E-state index contributed by atoms with van der Waals surface area (Å²) in [6.45, 7) is -0.00295. The molecule has 0 radical (unpaired) electrons. The summed E-state index contributed by atoms with van der Waals surface area (Å²) in [5.74, 6) is 0. The Balaban J connectivity index is 1.86. The summed E-state index contributed by atoms with van der Waals surface area (Å²) >= 11 is 5.66. The average molecular weight is 342 g/mol. The maximum atomic E-state index is 11.8. The van der Waals surface area contributed by atoms with Crippen LogP contribution in [0.2, 0.25) is 5.02 Å². The number of benzene rings is 2. The highest BCUT2D eigenvalue weighted by atomic mass is 35.5. The normalized spacial score (nSPS) is 11.0. The van der Waals surface area contributed by atoms with E-state index in [2.05, 4.69) is 4.28 Å². The number of hydrogen-bond acceptors (Lipinski definition) is 5. The van der Waals surface area contributed by atoms with Gasteiger partial charge < -0.3 is 4.74 Å². The lowest BCUT2D eigenvalue weighted by molar-refractivity contribution is 0.0971. The molecule has 6 nitrogen and oxygen atoms in total. The molecule has 2 rings (SSSR count). The number of carbonyl (C=O) groups excluding carboxylic acids is 1. The van der Waals surface area contributed by atoms with Crippen molar-refractivity contribution in [2.75, 3.05) is 0 Å². The van der Waals surface area contributed by atoms with Crippen molar-refractivity contribution in [3.05, 3.63) is 65.2 Å². The molecule has 0 unspecified atom stereocenters. The van der Waals surface area contributed by atoms with Crippen molar-refractivity contribution in [3.8, 4) is 0 Å². The third-order valence-electron chi connectivity index (χ3n) is 2.55.